The number of primary amides is 1. The zero-order valence-electron chi connectivity index (χ0n) is 13.5. The maximum atomic E-state index is 12.0. The van der Waals surface area contributed by atoms with E-state index in [2.05, 4.69) is 5.32 Å². The number of para-hydroxylation sites is 1. The molecular weight excluding hydrogens is 378 g/mol. The van der Waals surface area contributed by atoms with Crippen molar-refractivity contribution in [3.05, 3.63) is 53.1 Å². The lowest BCUT2D eigenvalue weighted by Crippen LogP contribution is -2.21. The first kappa shape index (κ1) is 19.6. The zero-order chi connectivity index (χ0) is 19.1. The number of esters is 1. The molecule has 0 saturated carbocycles. The molecule has 136 valence electrons. The van der Waals surface area contributed by atoms with Gasteiger partial charge in [0.1, 0.15) is 0 Å². The highest BCUT2D eigenvalue weighted by molar-refractivity contribution is 8.00. The minimum Gasteiger partial charge on any atom is -0.452 e. The summed E-state index contributed by atoms with van der Waals surface area (Å²) in [4.78, 5) is 35.6. The summed E-state index contributed by atoms with van der Waals surface area (Å²) in [6, 6.07) is 11.3. The first-order valence-corrected chi connectivity index (χ1v) is 8.75. The minimum absolute atomic E-state index is 0.0793. The number of nitrogens with two attached hydrogens (primary N) is 2. The first-order valence-electron chi connectivity index (χ1n) is 7.39. The van der Waals surface area contributed by atoms with Crippen molar-refractivity contribution < 1.29 is 19.1 Å². The third-order valence-electron chi connectivity index (χ3n) is 3.10. The molecule has 2 amide bonds. The van der Waals surface area contributed by atoms with Crippen LogP contribution in [0.25, 0.3) is 0 Å². The lowest BCUT2D eigenvalue weighted by Gasteiger charge is -2.11. The van der Waals surface area contributed by atoms with E-state index in [1.807, 2.05) is 0 Å². The van der Waals surface area contributed by atoms with Crippen LogP contribution < -0.4 is 16.8 Å². The normalized spacial score (nSPS) is 10.2. The Hall–Kier alpha value is -2.71. The van der Waals surface area contributed by atoms with Gasteiger partial charge in [-0.15, -0.1) is 11.8 Å². The molecule has 0 saturated heterocycles. The summed E-state index contributed by atoms with van der Waals surface area (Å²) in [6.07, 6.45) is 0. The van der Waals surface area contributed by atoms with Crippen molar-refractivity contribution >= 4 is 52.5 Å². The SMILES string of the molecule is NC(=O)CSc1ccccc1NC(=O)COC(=O)c1cc(Cl)ccc1N. The maximum Gasteiger partial charge on any atom is 0.340 e. The second-order valence-electron chi connectivity index (χ2n) is 5.11. The predicted octanol–water partition coefficient (Wildman–Crippen LogP) is 2.30. The highest BCUT2D eigenvalue weighted by Gasteiger charge is 2.15. The number of ether oxygens (including phenoxy) is 1. The van der Waals surface area contributed by atoms with Gasteiger partial charge in [-0.2, -0.15) is 0 Å². The van der Waals surface area contributed by atoms with Crippen LogP contribution in [0.1, 0.15) is 10.4 Å². The maximum absolute atomic E-state index is 12.0. The molecule has 0 aromatic heterocycles. The van der Waals surface area contributed by atoms with Gasteiger partial charge >= 0.3 is 5.97 Å². The smallest absolute Gasteiger partial charge is 0.340 e. The highest BCUT2D eigenvalue weighted by Crippen LogP contribution is 2.26. The summed E-state index contributed by atoms with van der Waals surface area (Å²) < 4.78 is 4.97. The second-order valence-corrected chi connectivity index (χ2v) is 6.56. The quantitative estimate of drug-likeness (QED) is 0.376. The van der Waals surface area contributed by atoms with Gasteiger partial charge in [0.15, 0.2) is 6.61 Å². The van der Waals surface area contributed by atoms with Gasteiger partial charge in [0.05, 0.1) is 17.0 Å². The molecule has 26 heavy (non-hydrogen) atoms. The Bertz CT molecular complexity index is 845. The van der Waals surface area contributed by atoms with Gasteiger partial charge in [-0.25, -0.2) is 4.79 Å². The van der Waals surface area contributed by atoms with E-state index in [9.17, 15) is 14.4 Å². The van der Waals surface area contributed by atoms with E-state index < -0.39 is 24.4 Å². The Morgan fingerprint density at radius 1 is 1.15 bits per heavy atom. The molecular formula is C17H16ClN3O4S. The van der Waals surface area contributed by atoms with Gasteiger partial charge in [-0.1, -0.05) is 23.7 Å². The third-order valence-corrected chi connectivity index (χ3v) is 4.43. The fourth-order valence-electron chi connectivity index (χ4n) is 1.95. The van der Waals surface area contributed by atoms with Gasteiger partial charge in [-0.05, 0) is 30.3 Å². The van der Waals surface area contributed by atoms with Crippen molar-refractivity contribution in [3.8, 4) is 0 Å². The summed E-state index contributed by atoms with van der Waals surface area (Å²) in [6.45, 7) is -0.500. The third kappa shape index (κ3) is 5.68. The summed E-state index contributed by atoms with van der Waals surface area (Å²) in [5.41, 5.74) is 11.6. The summed E-state index contributed by atoms with van der Waals surface area (Å²) in [7, 11) is 0. The largest absolute Gasteiger partial charge is 0.452 e. The highest BCUT2D eigenvalue weighted by atomic mass is 35.5. The van der Waals surface area contributed by atoms with Crippen LogP contribution in [0.4, 0.5) is 11.4 Å². The van der Waals surface area contributed by atoms with Crippen molar-refractivity contribution in [2.75, 3.05) is 23.4 Å². The van der Waals surface area contributed by atoms with Crippen LogP contribution in [0.2, 0.25) is 5.02 Å². The molecule has 0 unspecified atom stereocenters. The predicted molar refractivity (Wildman–Crippen MR) is 101 cm³/mol. The molecule has 2 rings (SSSR count). The van der Waals surface area contributed by atoms with Crippen LogP contribution in [-0.2, 0) is 14.3 Å². The number of carbonyl (C=O) groups excluding carboxylic acids is 3. The first-order chi connectivity index (χ1) is 12.4. The molecule has 2 aromatic carbocycles. The van der Waals surface area contributed by atoms with Crippen LogP contribution in [0, 0.1) is 0 Å². The molecule has 5 N–H and O–H groups in total. The molecule has 0 spiro atoms. The van der Waals surface area contributed by atoms with E-state index in [4.69, 9.17) is 27.8 Å². The molecule has 0 aliphatic rings. The molecule has 0 fully saturated rings. The van der Waals surface area contributed by atoms with Crippen molar-refractivity contribution in [1.82, 2.24) is 0 Å². The van der Waals surface area contributed by atoms with Crippen molar-refractivity contribution in [2.24, 2.45) is 5.73 Å². The number of rotatable bonds is 7. The van der Waals surface area contributed by atoms with Crippen LogP contribution in [0.5, 0.6) is 0 Å². The Labute approximate surface area is 159 Å². The average Bonchev–Trinajstić information content (AvgIpc) is 2.61. The standard InChI is InChI=1S/C17H16ClN3O4S/c18-10-5-6-12(19)11(7-10)17(24)25-8-16(23)21-13-3-1-2-4-14(13)26-9-15(20)22/h1-7H,8-9,19H2,(H2,20,22)(H,21,23). The van der Waals surface area contributed by atoms with Gasteiger partial charge in [0.25, 0.3) is 5.91 Å². The van der Waals surface area contributed by atoms with Gasteiger partial charge < -0.3 is 21.5 Å². The Morgan fingerprint density at radius 3 is 2.62 bits per heavy atom. The lowest BCUT2D eigenvalue weighted by molar-refractivity contribution is -0.119. The van der Waals surface area contributed by atoms with Crippen LogP contribution in [0.15, 0.2) is 47.4 Å². The van der Waals surface area contributed by atoms with E-state index in [0.717, 1.165) is 0 Å². The zero-order valence-corrected chi connectivity index (χ0v) is 15.1. The van der Waals surface area contributed by atoms with Crippen LogP contribution >= 0.6 is 23.4 Å². The number of halogens is 1. The van der Waals surface area contributed by atoms with Gasteiger partial charge in [0.2, 0.25) is 5.91 Å². The molecule has 0 aliphatic carbocycles. The Morgan fingerprint density at radius 2 is 1.88 bits per heavy atom. The molecule has 0 heterocycles. The average molecular weight is 394 g/mol. The van der Waals surface area contributed by atoms with Crippen LogP contribution in [-0.4, -0.2) is 30.1 Å². The number of hydrogen-bond acceptors (Lipinski definition) is 6. The van der Waals surface area contributed by atoms with E-state index in [1.54, 1.807) is 30.3 Å². The number of nitrogen functional groups attached to an aromatic ring is 1. The number of amides is 2. The lowest BCUT2D eigenvalue weighted by atomic mass is 10.2. The molecule has 0 bridgehead atoms. The Balaban J connectivity index is 1.96. The number of hydrogen-bond donors (Lipinski definition) is 3. The molecule has 9 heteroatoms. The van der Waals surface area contributed by atoms with Crippen molar-refractivity contribution in [2.45, 2.75) is 4.90 Å². The second kappa shape index (κ2) is 9.12. The van der Waals surface area contributed by atoms with Crippen molar-refractivity contribution in [1.29, 1.82) is 0 Å². The summed E-state index contributed by atoms with van der Waals surface area (Å²) in [5, 5.41) is 2.95. The summed E-state index contributed by atoms with van der Waals surface area (Å²) >= 11 is 7.02. The van der Waals surface area contributed by atoms with E-state index in [0.29, 0.717) is 15.6 Å². The molecule has 2 aromatic rings. The molecule has 0 aliphatic heterocycles. The number of nitrogens with one attached hydrogen (secondary N) is 1. The van der Waals surface area contributed by atoms with E-state index in [-0.39, 0.29) is 17.0 Å². The molecule has 7 nitrogen and oxygen atoms in total. The number of benzene rings is 2. The summed E-state index contributed by atoms with van der Waals surface area (Å²) in [5.74, 6) is -1.68. The van der Waals surface area contributed by atoms with Crippen LogP contribution in [0.3, 0.4) is 0 Å². The fraction of sp³-hybridized carbons (Fsp3) is 0.118. The van der Waals surface area contributed by atoms with Crippen molar-refractivity contribution in [3.63, 3.8) is 0 Å². The molecule has 0 atom stereocenters. The monoisotopic (exact) mass is 393 g/mol. The number of thioether (sulfide) groups is 1. The number of carbonyl (C=O) groups is 3. The molecule has 0 radical (unpaired) electrons. The topological polar surface area (TPSA) is 125 Å². The Kier molecular flexibility index (Phi) is 6.88. The fourth-order valence-corrected chi connectivity index (χ4v) is 2.86. The van der Waals surface area contributed by atoms with E-state index in [1.165, 1.54) is 23.9 Å². The van der Waals surface area contributed by atoms with Gasteiger partial charge in [0, 0.05) is 15.6 Å². The minimum atomic E-state index is -0.753. The number of anilines is 2. The van der Waals surface area contributed by atoms with Gasteiger partial charge in [-0.3, -0.25) is 9.59 Å². The van der Waals surface area contributed by atoms with E-state index >= 15 is 0 Å².